The molecule has 2 aromatic heterocycles. The molecule has 15 heteroatoms. The minimum absolute atomic E-state index is 0.0752. The van der Waals surface area contributed by atoms with Gasteiger partial charge in [0.2, 0.25) is 0 Å². The highest BCUT2D eigenvalue weighted by molar-refractivity contribution is 7.93. The van der Waals surface area contributed by atoms with Crippen molar-refractivity contribution in [3.8, 4) is 12.1 Å². The van der Waals surface area contributed by atoms with Crippen molar-refractivity contribution in [2.75, 3.05) is 9.44 Å². The van der Waals surface area contributed by atoms with Crippen molar-refractivity contribution in [3.05, 3.63) is 119 Å². The van der Waals surface area contributed by atoms with Gasteiger partial charge < -0.3 is 9.84 Å². The van der Waals surface area contributed by atoms with Gasteiger partial charge in [0.05, 0.1) is 16.7 Å². The second-order valence-corrected chi connectivity index (χ2v) is 15.6. The van der Waals surface area contributed by atoms with E-state index in [9.17, 15) is 26.7 Å². The van der Waals surface area contributed by atoms with E-state index in [1.54, 1.807) is 42.5 Å². The highest BCUT2D eigenvalue weighted by Crippen LogP contribution is 2.42. The van der Waals surface area contributed by atoms with Crippen LogP contribution in [0.4, 0.5) is 11.4 Å². The Bertz CT molecular complexity index is 2300. The Kier molecular flexibility index (Phi) is 11.3. The van der Waals surface area contributed by atoms with E-state index < -0.39 is 37.5 Å². The number of nitriles is 2. The van der Waals surface area contributed by atoms with Gasteiger partial charge in [-0.3, -0.25) is 9.44 Å². The Hall–Kier alpha value is -5.77. The quantitative estimate of drug-likeness (QED) is 0.123. The van der Waals surface area contributed by atoms with E-state index in [4.69, 9.17) is 15.3 Å². The number of aromatic nitrogens is 2. The summed E-state index contributed by atoms with van der Waals surface area (Å²) in [6.45, 7) is 3.80. The molecule has 0 saturated heterocycles. The molecule has 0 radical (unpaired) electrons. The largest absolute Gasteiger partial charge is 0.512 e. The van der Waals surface area contributed by atoms with E-state index >= 15 is 0 Å². The third kappa shape index (κ3) is 8.57. The number of nitrogens with one attached hydrogen (secondary N) is 2. The molecule has 2 aromatic carbocycles. The molecule has 1 aliphatic heterocycles. The monoisotopic (exact) mass is 740 g/mol. The van der Waals surface area contributed by atoms with Crippen molar-refractivity contribution in [1.29, 1.82) is 10.5 Å². The van der Waals surface area contributed by atoms with E-state index in [0.29, 0.717) is 43.4 Å². The zero-order valence-electron chi connectivity index (χ0n) is 28.4. The number of ether oxygens (including phenoxy) is 1. The summed E-state index contributed by atoms with van der Waals surface area (Å²) >= 11 is 0. The van der Waals surface area contributed by atoms with Crippen LogP contribution in [0.25, 0.3) is 0 Å². The molecule has 52 heavy (non-hydrogen) atoms. The summed E-state index contributed by atoms with van der Waals surface area (Å²) < 4.78 is 63.0. The Labute approximate surface area is 302 Å². The average molecular weight is 741 g/mol. The highest BCUT2D eigenvalue weighted by Gasteiger charge is 2.43. The number of hydrogen-bond donors (Lipinski definition) is 3. The first kappa shape index (κ1) is 37.5. The van der Waals surface area contributed by atoms with Crippen LogP contribution in [-0.4, -0.2) is 43.5 Å². The van der Waals surface area contributed by atoms with E-state index in [0.717, 1.165) is 5.56 Å². The van der Waals surface area contributed by atoms with Crippen LogP contribution in [-0.2, 0) is 36.0 Å². The lowest BCUT2D eigenvalue weighted by atomic mass is 9.80. The Morgan fingerprint density at radius 1 is 0.846 bits per heavy atom. The normalized spacial score (nSPS) is 16.7. The first-order valence-corrected chi connectivity index (χ1v) is 19.4. The van der Waals surface area contributed by atoms with E-state index in [-0.39, 0.29) is 44.6 Å². The number of pyridine rings is 2. The number of rotatable bonds is 14. The van der Waals surface area contributed by atoms with E-state index in [1.807, 2.05) is 32.1 Å². The number of benzene rings is 2. The fourth-order valence-electron chi connectivity index (χ4n) is 6.22. The number of nitrogens with zero attached hydrogens (tertiary/aromatic N) is 4. The van der Waals surface area contributed by atoms with Crippen LogP contribution in [0.2, 0.25) is 0 Å². The fourth-order valence-corrected chi connectivity index (χ4v) is 8.18. The highest BCUT2D eigenvalue weighted by atomic mass is 32.2. The topological polar surface area (TPSA) is 212 Å². The lowest BCUT2D eigenvalue weighted by Gasteiger charge is -2.38. The number of carbonyl (C=O) groups excluding carboxylic acids is 1. The van der Waals surface area contributed by atoms with Crippen LogP contribution < -0.4 is 9.44 Å². The molecule has 0 bridgehead atoms. The van der Waals surface area contributed by atoms with Gasteiger partial charge in [0, 0.05) is 36.1 Å². The summed E-state index contributed by atoms with van der Waals surface area (Å²) in [6.07, 6.45) is 4.74. The van der Waals surface area contributed by atoms with Crippen LogP contribution in [0.15, 0.2) is 107 Å². The number of cyclic esters (lactones) is 1. The Morgan fingerprint density at radius 2 is 1.42 bits per heavy atom. The van der Waals surface area contributed by atoms with Gasteiger partial charge in [-0.2, -0.15) is 27.4 Å². The summed E-state index contributed by atoms with van der Waals surface area (Å²) in [7, 11) is -8.10. The smallest absolute Gasteiger partial charge is 0.338 e. The van der Waals surface area contributed by atoms with Crippen LogP contribution in [0.5, 0.6) is 0 Å². The minimum atomic E-state index is -4.08. The zero-order valence-corrected chi connectivity index (χ0v) is 30.0. The molecular formula is C37H36N6O7S2. The predicted molar refractivity (Wildman–Crippen MR) is 192 cm³/mol. The van der Waals surface area contributed by atoms with Gasteiger partial charge in [-0.1, -0.05) is 44.5 Å². The number of aliphatic hydroxyl groups excluding tert-OH is 1. The summed E-state index contributed by atoms with van der Waals surface area (Å²) in [5.41, 5.74) is 1.45. The lowest BCUT2D eigenvalue weighted by Crippen LogP contribution is -2.41. The first-order chi connectivity index (χ1) is 24.8. The molecule has 3 N–H and O–H groups in total. The molecule has 268 valence electrons. The molecular weight excluding hydrogens is 705 g/mol. The number of esters is 1. The molecule has 3 heterocycles. The second-order valence-electron chi connectivity index (χ2n) is 12.4. The van der Waals surface area contributed by atoms with Crippen LogP contribution >= 0.6 is 0 Å². The van der Waals surface area contributed by atoms with Crippen LogP contribution in [0, 0.1) is 22.7 Å². The molecule has 0 fully saturated rings. The number of carbonyl (C=O) groups is 1. The van der Waals surface area contributed by atoms with Gasteiger partial charge in [0.1, 0.15) is 23.5 Å². The maximum Gasteiger partial charge on any atom is 0.338 e. The predicted octanol–water partition coefficient (Wildman–Crippen LogP) is 6.25. The number of aryl methyl sites for hydroxylation is 1. The molecule has 0 aliphatic carbocycles. The summed E-state index contributed by atoms with van der Waals surface area (Å²) in [6, 6.07) is 22.3. The van der Waals surface area contributed by atoms with Gasteiger partial charge in [-0.25, -0.2) is 14.8 Å². The number of hydrogen-bond acceptors (Lipinski definition) is 11. The Balaban J connectivity index is 1.32. The van der Waals surface area contributed by atoms with Crippen molar-refractivity contribution in [3.63, 3.8) is 0 Å². The molecule has 0 amide bonds. The van der Waals surface area contributed by atoms with Crippen molar-refractivity contribution in [2.45, 2.75) is 73.9 Å². The van der Waals surface area contributed by atoms with Gasteiger partial charge in [-0.05, 0) is 85.3 Å². The molecule has 2 atom stereocenters. The van der Waals surface area contributed by atoms with Crippen molar-refractivity contribution in [1.82, 2.24) is 9.97 Å². The second kappa shape index (κ2) is 15.6. The third-order valence-electron chi connectivity index (χ3n) is 8.66. The van der Waals surface area contributed by atoms with Crippen molar-refractivity contribution >= 4 is 37.4 Å². The summed E-state index contributed by atoms with van der Waals surface area (Å²) in [4.78, 5) is 21.5. The first-order valence-electron chi connectivity index (χ1n) is 16.4. The van der Waals surface area contributed by atoms with Crippen LogP contribution in [0.1, 0.15) is 74.1 Å². The molecule has 2 unspecified atom stereocenters. The number of anilines is 2. The minimum Gasteiger partial charge on any atom is -0.512 e. The standard InChI is InChI=1S/C37H36N6O7S2/c1-3-16-37(17-15-25-7-5-9-29(18-25)42-51(46,47)33-13-11-26(21-38)23-40-33)20-32(44)35(36(45)50-37)31(4-2)28-8-6-10-30(19-28)43-52(48,49)34-14-12-27(22-39)24-41-34/h5-14,18-19,23-24,31,42-44H,3-4,15-17,20H2,1-2H3. The van der Waals surface area contributed by atoms with Gasteiger partial charge >= 0.3 is 5.97 Å². The van der Waals surface area contributed by atoms with Crippen molar-refractivity contribution in [2.24, 2.45) is 0 Å². The molecule has 0 spiro atoms. The maximum atomic E-state index is 13.7. The molecule has 13 nitrogen and oxygen atoms in total. The zero-order chi connectivity index (χ0) is 37.5. The molecule has 1 aliphatic rings. The maximum absolute atomic E-state index is 13.7. The van der Waals surface area contributed by atoms with Crippen molar-refractivity contribution < 1.29 is 31.5 Å². The number of sulfonamides is 2. The van der Waals surface area contributed by atoms with E-state index in [1.165, 1.54) is 36.7 Å². The fraction of sp³-hybridized carbons (Fsp3) is 0.270. The molecule has 5 rings (SSSR count). The number of aliphatic hydroxyl groups is 1. The van der Waals surface area contributed by atoms with Gasteiger partial charge in [0.15, 0.2) is 10.1 Å². The van der Waals surface area contributed by atoms with Crippen LogP contribution in [0.3, 0.4) is 0 Å². The van der Waals surface area contributed by atoms with Gasteiger partial charge in [-0.15, -0.1) is 0 Å². The summed E-state index contributed by atoms with van der Waals surface area (Å²) in [5.74, 6) is -1.35. The molecule has 4 aromatic rings. The SMILES string of the molecule is CCCC1(CCc2cccc(NS(=O)(=O)c3ccc(C#N)cn3)c2)CC(O)=C(C(CC)c2cccc(NS(=O)(=O)c3ccc(C#N)cn3)c2)C(=O)O1. The third-order valence-corrected chi connectivity index (χ3v) is 11.3. The van der Waals surface area contributed by atoms with Gasteiger partial charge in [0.25, 0.3) is 20.0 Å². The average Bonchev–Trinajstić information content (AvgIpc) is 3.12. The Morgan fingerprint density at radius 3 is 1.92 bits per heavy atom. The molecule has 0 saturated carbocycles. The lowest BCUT2D eigenvalue weighted by molar-refractivity contribution is -0.161. The van der Waals surface area contributed by atoms with E-state index in [2.05, 4.69) is 19.4 Å². The summed E-state index contributed by atoms with van der Waals surface area (Å²) in [5, 5.41) is 28.9.